The van der Waals surface area contributed by atoms with Gasteiger partial charge in [-0.15, -0.1) is 40.8 Å². The molecule has 2 saturated carbocycles. The highest BCUT2D eigenvalue weighted by Crippen LogP contribution is 2.39. The van der Waals surface area contributed by atoms with Crippen molar-refractivity contribution in [2.45, 2.75) is 103 Å². The maximum absolute atomic E-state index is 13.3. The molecule has 5 N–H and O–H groups in total. The summed E-state index contributed by atoms with van der Waals surface area (Å²) in [6.07, 6.45) is 20.9. The molecule has 112 heavy (non-hydrogen) atoms. The third-order valence-electron chi connectivity index (χ3n) is 22.4. The van der Waals surface area contributed by atoms with Crippen LogP contribution in [0.15, 0.2) is 244 Å². The maximum Gasteiger partial charge on any atom is 0.264 e. The van der Waals surface area contributed by atoms with E-state index < -0.39 is 0 Å². The smallest absolute Gasteiger partial charge is 0.264 e. The summed E-state index contributed by atoms with van der Waals surface area (Å²) >= 11 is 0. The van der Waals surface area contributed by atoms with E-state index in [-0.39, 0.29) is 46.3 Å². The Bertz CT molecular complexity index is 7180. The molecule has 0 bridgehead atoms. The van der Waals surface area contributed by atoms with Crippen LogP contribution in [0.5, 0.6) is 0 Å². The first-order valence-electron chi connectivity index (χ1n) is 38.0. The van der Waals surface area contributed by atoms with Crippen LogP contribution in [0.25, 0.3) is 148 Å². The zero-order chi connectivity index (χ0) is 75.7. The maximum atomic E-state index is 13.3. The highest BCUT2D eigenvalue weighted by molar-refractivity contribution is 6.18. The van der Waals surface area contributed by atoms with Crippen molar-refractivity contribution >= 4 is 154 Å². The van der Waals surface area contributed by atoms with E-state index in [1.807, 2.05) is 231 Å². The number of hydrogen-bond acceptors (Lipinski definition) is 14. The van der Waals surface area contributed by atoms with E-state index in [1.165, 1.54) is 24.8 Å². The summed E-state index contributed by atoms with van der Waals surface area (Å²) < 4.78 is 7.40. The van der Waals surface area contributed by atoms with Gasteiger partial charge in [0, 0.05) is 110 Å². The van der Waals surface area contributed by atoms with Crippen molar-refractivity contribution in [2.75, 3.05) is 4.90 Å². The molecule has 23 rings (SSSR count). The summed E-state index contributed by atoms with van der Waals surface area (Å²) in [6.45, 7) is 4.70. The molecule has 20 aromatic rings. The average Bonchev–Trinajstić information content (AvgIpc) is 1.60. The molecule has 0 radical (unpaired) electrons. The Hall–Kier alpha value is -14.2. The van der Waals surface area contributed by atoms with Crippen LogP contribution in [-0.4, -0.2) is 94.9 Å². The number of anilines is 1. The van der Waals surface area contributed by atoms with Gasteiger partial charge < -0.3 is 24.9 Å². The van der Waals surface area contributed by atoms with E-state index in [2.05, 4.69) is 84.5 Å². The molecule has 6 aromatic carbocycles. The summed E-state index contributed by atoms with van der Waals surface area (Å²) in [5, 5.41) is 45.4. The van der Waals surface area contributed by atoms with E-state index in [0.717, 1.165) is 171 Å². The van der Waals surface area contributed by atoms with Gasteiger partial charge in [-0.2, -0.15) is 0 Å². The highest BCUT2D eigenvalue weighted by Gasteiger charge is 2.29. The Morgan fingerprint density at radius 1 is 0.402 bits per heavy atom. The number of carbonyl (C=O) groups is 1. The number of amides is 1. The second kappa shape index (κ2) is 28.4. The number of aromatic nitrogens is 18. The van der Waals surface area contributed by atoms with E-state index in [9.17, 15) is 24.0 Å². The van der Waals surface area contributed by atoms with E-state index in [0.29, 0.717) is 40.2 Å². The monoisotopic (exact) mass is 1480 g/mol. The van der Waals surface area contributed by atoms with Gasteiger partial charge in [-0.25, -0.2) is 4.98 Å². The predicted octanol–water partition coefficient (Wildman–Crippen LogP) is 16.5. The molecule has 24 nitrogen and oxygen atoms in total. The normalized spacial score (nSPS) is 14.1. The summed E-state index contributed by atoms with van der Waals surface area (Å²) in [5.41, 5.74) is 13.7. The average molecular weight is 1480 g/mol. The summed E-state index contributed by atoms with van der Waals surface area (Å²) in [5.74, 6) is 0.908. The lowest BCUT2D eigenvalue weighted by molar-refractivity contribution is -0.118. The van der Waals surface area contributed by atoms with Crippen molar-refractivity contribution in [3.63, 3.8) is 0 Å². The molecule has 14 aromatic heterocycles. The Labute approximate surface area is 635 Å². The zero-order valence-corrected chi connectivity index (χ0v) is 61.2. The minimum atomic E-state index is -0.0847. The number of nitrogens with zero attached hydrogens (tertiary/aromatic N) is 14. The van der Waals surface area contributed by atoms with Gasteiger partial charge in [-0.1, -0.05) is 141 Å². The Morgan fingerprint density at radius 3 is 1.29 bits per heavy atom. The molecular formula is C88H73N19O5. The lowest BCUT2D eigenvalue weighted by Gasteiger charge is -2.27. The van der Waals surface area contributed by atoms with Crippen LogP contribution >= 0.6 is 0 Å². The number of pyridine rings is 5. The van der Waals surface area contributed by atoms with E-state index >= 15 is 0 Å². The molecule has 3 aliphatic rings. The van der Waals surface area contributed by atoms with Crippen LogP contribution in [0.2, 0.25) is 0 Å². The Kier molecular flexibility index (Phi) is 17.4. The number of para-hydroxylation sites is 1. The van der Waals surface area contributed by atoms with Crippen molar-refractivity contribution in [1.29, 1.82) is 0 Å². The largest absolute Gasteiger partial charge is 0.361 e. The summed E-state index contributed by atoms with van der Waals surface area (Å²) in [7, 11) is 0. The molecule has 2 fully saturated rings. The highest BCUT2D eigenvalue weighted by atomic mass is 16.2. The van der Waals surface area contributed by atoms with E-state index in [4.69, 9.17) is 0 Å². The first-order valence-corrected chi connectivity index (χ1v) is 38.0. The van der Waals surface area contributed by atoms with Crippen molar-refractivity contribution in [1.82, 2.24) is 89.0 Å². The third-order valence-corrected chi connectivity index (χ3v) is 22.4. The Balaban J connectivity index is 0.0000000944. The molecule has 550 valence electrons. The van der Waals surface area contributed by atoms with Crippen molar-refractivity contribution in [3.05, 3.63) is 278 Å². The number of fused-ring (bicyclic) bond motifs is 8. The fourth-order valence-electron chi connectivity index (χ4n) is 16.6. The minimum Gasteiger partial charge on any atom is -0.361 e. The molecule has 1 amide bonds. The van der Waals surface area contributed by atoms with Crippen LogP contribution in [-0.2, 0) is 17.8 Å². The lowest BCUT2D eigenvalue weighted by atomic mass is 9.93. The van der Waals surface area contributed by atoms with E-state index in [1.54, 1.807) is 17.0 Å². The van der Waals surface area contributed by atoms with Crippen LogP contribution in [0, 0.1) is 0 Å². The topological polar surface area (TPSA) is 303 Å². The number of hydrogen-bond donors (Lipinski definition) is 5. The first kappa shape index (κ1) is 68.4. The molecule has 1 aliphatic heterocycles. The van der Waals surface area contributed by atoms with Gasteiger partial charge in [0.2, 0.25) is 5.91 Å². The quantitative estimate of drug-likeness (QED) is 0.0991. The van der Waals surface area contributed by atoms with Gasteiger partial charge >= 0.3 is 0 Å². The summed E-state index contributed by atoms with van der Waals surface area (Å²) in [4.78, 5) is 87.9. The summed E-state index contributed by atoms with van der Waals surface area (Å²) in [6, 6.07) is 60.4. The van der Waals surface area contributed by atoms with Crippen LogP contribution in [0.3, 0.4) is 0 Å². The first-order chi connectivity index (χ1) is 55.1. The van der Waals surface area contributed by atoms with Crippen molar-refractivity contribution in [2.24, 2.45) is 0 Å². The number of rotatable bonds is 7. The fourth-order valence-corrected chi connectivity index (χ4v) is 16.6. The van der Waals surface area contributed by atoms with Gasteiger partial charge in [0.05, 0.1) is 39.3 Å². The number of benzene rings is 6. The van der Waals surface area contributed by atoms with Gasteiger partial charge in [0.25, 0.3) is 22.2 Å². The van der Waals surface area contributed by atoms with Crippen molar-refractivity contribution < 1.29 is 4.79 Å². The van der Waals surface area contributed by atoms with Crippen LogP contribution in [0.4, 0.5) is 5.82 Å². The molecule has 24 heteroatoms. The van der Waals surface area contributed by atoms with Gasteiger partial charge in [0.15, 0.2) is 0 Å². The molecule has 1 atom stereocenters. The Morgan fingerprint density at radius 2 is 0.812 bits per heavy atom. The molecule has 0 spiro atoms. The number of nitrogens with one attached hydrogen (secondary N) is 5. The standard InChI is InChI=1S/C19H12N4O.C18H16N4O.C17H14N4O.C17H16N4O.C17H15N3O/c24-19-14-9-5-4-8-13(14)17-16-15(21-22-17)10-11-20-18(16)23(19)12-6-2-1-3-7-12;23-18-13-8-4-3-7-12(13)16-15-14(20-21-16)9-10-19-17(15)22(18)11-5-1-2-6-11;22-17-12-7-2-1-6-11(12)15-14-13(19-20-15)8-9-18-16(14)21(17)10-4-3-5-10;1-3-10(2)21-16-14-13(8-9-18-16)19-20-15(14)11-6-4-5-7-12(11)17(21)22;21-15-7-6-13-10-19-14-8-9-18-17(16(13)14)20(15)11-12-4-2-1-3-5-12/h1-11,20H;3-4,7-11,19H,1-2,5-6H2;1-2,6-10,18H,3-5H2;4-10,18H,3H2,1-2H3;1-5,8-10,19H,6-7,11H2. The van der Waals surface area contributed by atoms with Crippen LogP contribution < -0.4 is 27.1 Å². The molecule has 1 unspecified atom stereocenters. The number of aryl methyl sites for hydroxylation is 1. The van der Waals surface area contributed by atoms with Crippen molar-refractivity contribution in [3.8, 4) is 5.69 Å². The van der Waals surface area contributed by atoms with Gasteiger partial charge in [-0.3, -0.25) is 47.1 Å². The SMILES string of the molecule is CCC(C)n1c(=O)c2ccccc2c2nnc3cc[nH]c1c32.O=C1CCc2c[nH]c3ccnc(c23)N1Cc1ccccc1.O=c1c2ccccc2c2nnc3cc[nH]c(c32)n1-c1ccccc1.O=c1c2ccccc2c2nnc3cc[nH]c(c32)n1C1CCC1.O=c1c2ccccc2c2nnc3cc[nH]c(c32)n1C1CCCC1. The van der Waals surface area contributed by atoms with Gasteiger partial charge in [-0.05, 0) is 130 Å². The lowest BCUT2D eigenvalue weighted by Crippen LogP contribution is -2.30. The van der Waals surface area contributed by atoms with Gasteiger partial charge in [0.1, 0.15) is 72.5 Å². The third kappa shape index (κ3) is 11.6. The predicted molar refractivity (Wildman–Crippen MR) is 441 cm³/mol. The minimum absolute atomic E-state index is 0.00620. The number of H-pyrrole nitrogens is 5. The number of carbonyl (C=O) groups excluding carboxylic acids is 1. The second-order valence-electron chi connectivity index (χ2n) is 28.8. The fraction of sp³-hybridized carbons (Fsp3) is 0.182. The zero-order valence-electron chi connectivity index (χ0n) is 61.2. The number of aromatic amines is 5. The molecular weight excluding hydrogens is 1400 g/mol. The second-order valence-corrected chi connectivity index (χ2v) is 28.8. The molecule has 0 saturated heterocycles. The molecule has 15 heterocycles. The van der Waals surface area contributed by atoms with Crippen LogP contribution in [0.1, 0.15) is 101 Å². The molecule has 2 aliphatic carbocycles.